The summed E-state index contributed by atoms with van der Waals surface area (Å²) in [6, 6.07) is 4.54. The molecule has 1 saturated heterocycles. The molecule has 5 heteroatoms. The van der Waals surface area contributed by atoms with Gasteiger partial charge in [0.05, 0.1) is 0 Å². The Morgan fingerprint density at radius 3 is 2.77 bits per heavy atom. The van der Waals surface area contributed by atoms with Crippen molar-refractivity contribution in [2.24, 2.45) is 0 Å². The normalized spacial score (nSPS) is 15.8. The molecule has 0 radical (unpaired) electrons. The Morgan fingerprint density at radius 1 is 1.46 bits per heavy atom. The topological polar surface area (TPSA) is 34.1 Å². The molecule has 13 heavy (non-hydrogen) atoms. The summed E-state index contributed by atoms with van der Waals surface area (Å²) in [4.78, 5) is 3.58. The van der Waals surface area contributed by atoms with Crippen molar-refractivity contribution < 1.29 is 9.13 Å². The number of nitrogens with one attached hydrogen (secondary N) is 1. The van der Waals surface area contributed by atoms with Crippen LogP contribution < -0.4 is 10.1 Å². The Kier molecular flexibility index (Phi) is 3.45. The molecule has 3 nitrogen and oxygen atoms in total. The summed E-state index contributed by atoms with van der Waals surface area (Å²) in [5, 5.41) is 3.05. The van der Waals surface area contributed by atoms with Gasteiger partial charge < -0.3 is 10.1 Å². The van der Waals surface area contributed by atoms with Gasteiger partial charge in [-0.15, -0.1) is 12.4 Å². The van der Waals surface area contributed by atoms with Gasteiger partial charge in [0.1, 0.15) is 6.10 Å². The van der Waals surface area contributed by atoms with Crippen LogP contribution in [0.5, 0.6) is 5.88 Å². The number of aromatic nitrogens is 1. The second-order valence-corrected chi connectivity index (χ2v) is 2.70. The summed E-state index contributed by atoms with van der Waals surface area (Å²) < 4.78 is 17.9. The second-order valence-electron chi connectivity index (χ2n) is 2.70. The fourth-order valence-corrected chi connectivity index (χ4v) is 0.972. The zero-order valence-corrected chi connectivity index (χ0v) is 7.68. The van der Waals surface area contributed by atoms with E-state index in [9.17, 15) is 4.39 Å². The average Bonchev–Trinajstić information content (AvgIpc) is 1.97. The predicted octanol–water partition coefficient (Wildman–Crippen LogP) is 0.993. The molecule has 0 aliphatic carbocycles. The lowest BCUT2D eigenvalue weighted by Crippen LogP contribution is -2.50. The zero-order valence-electron chi connectivity index (χ0n) is 6.87. The Balaban J connectivity index is 0.000000845. The van der Waals surface area contributed by atoms with Gasteiger partial charge in [0.25, 0.3) is 0 Å². The highest BCUT2D eigenvalue weighted by Gasteiger charge is 2.18. The lowest BCUT2D eigenvalue weighted by molar-refractivity contribution is 0.135. The largest absolute Gasteiger partial charge is 0.472 e. The predicted molar refractivity (Wildman–Crippen MR) is 48.7 cm³/mol. The number of nitrogens with zero attached hydrogens (tertiary/aromatic N) is 1. The number of hydrogen-bond donors (Lipinski definition) is 1. The van der Waals surface area contributed by atoms with E-state index in [0.29, 0.717) is 5.88 Å². The molecule has 1 aliphatic rings. The minimum Gasteiger partial charge on any atom is -0.472 e. The van der Waals surface area contributed by atoms with Crippen LogP contribution in [0, 0.1) is 5.95 Å². The van der Waals surface area contributed by atoms with E-state index in [1.807, 2.05) is 0 Å². The molecule has 1 aromatic heterocycles. The van der Waals surface area contributed by atoms with E-state index in [4.69, 9.17) is 4.74 Å². The van der Waals surface area contributed by atoms with Gasteiger partial charge in [-0.25, -0.2) is 0 Å². The van der Waals surface area contributed by atoms with Crippen LogP contribution in [0.1, 0.15) is 0 Å². The lowest BCUT2D eigenvalue weighted by atomic mass is 10.2. The highest BCUT2D eigenvalue weighted by molar-refractivity contribution is 5.85. The van der Waals surface area contributed by atoms with E-state index in [0.717, 1.165) is 13.1 Å². The first-order valence-electron chi connectivity index (χ1n) is 3.84. The zero-order chi connectivity index (χ0) is 8.39. The molecule has 0 atom stereocenters. The summed E-state index contributed by atoms with van der Waals surface area (Å²) in [6.07, 6.45) is 0.152. The van der Waals surface area contributed by atoms with Crippen molar-refractivity contribution in [2.45, 2.75) is 6.10 Å². The summed E-state index contributed by atoms with van der Waals surface area (Å²) in [5.41, 5.74) is 0. The van der Waals surface area contributed by atoms with Crippen LogP contribution in [-0.4, -0.2) is 24.2 Å². The number of rotatable bonds is 2. The molecule has 0 unspecified atom stereocenters. The molecule has 1 N–H and O–H groups in total. The number of ether oxygens (including phenoxy) is 1. The molecular formula is C8H10ClFN2O. The van der Waals surface area contributed by atoms with Crippen LogP contribution in [0.15, 0.2) is 18.2 Å². The van der Waals surface area contributed by atoms with Gasteiger partial charge in [-0.1, -0.05) is 6.07 Å². The average molecular weight is 205 g/mol. The smallest absolute Gasteiger partial charge is 0.216 e. The van der Waals surface area contributed by atoms with Gasteiger partial charge in [0.2, 0.25) is 11.8 Å². The molecule has 0 bridgehead atoms. The third kappa shape index (κ3) is 2.54. The number of pyridine rings is 1. The van der Waals surface area contributed by atoms with Gasteiger partial charge in [0, 0.05) is 19.2 Å². The third-order valence-electron chi connectivity index (χ3n) is 1.72. The van der Waals surface area contributed by atoms with Crippen molar-refractivity contribution in [2.75, 3.05) is 13.1 Å². The maximum Gasteiger partial charge on any atom is 0.216 e. The van der Waals surface area contributed by atoms with E-state index in [1.165, 1.54) is 6.07 Å². The van der Waals surface area contributed by atoms with Gasteiger partial charge in [0.15, 0.2) is 0 Å². The van der Waals surface area contributed by atoms with Crippen molar-refractivity contribution in [1.29, 1.82) is 0 Å². The first-order chi connectivity index (χ1) is 5.84. The molecule has 0 amide bonds. The van der Waals surface area contributed by atoms with Crippen molar-refractivity contribution in [3.05, 3.63) is 24.1 Å². The first kappa shape index (κ1) is 10.2. The molecule has 72 valence electrons. The Labute approximate surface area is 81.7 Å². The van der Waals surface area contributed by atoms with E-state index in [1.54, 1.807) is 12.1 Å². The minimum absolute atomic E-state index is 0. The van der Waals surface area contributed by atoms with Crippen LogP contribution in [-0.2, 0) is 0 Å². The lowest BCUT2D eigenvalue weighted by Gasteiger charge is -2.26. The summed E-state index contributed by atoms with van der Waals surface area (Å²) in [5.74, 6) is -0.138. The second kappa shape index (κ2) is 4.39. The van der Waals surface area contributed by atoms with E-state index >= 15 is 0 Å². The maximum atomic E-state index is 12.5. The Bertz CT molecular complexity index is 281. The standard InChI is InChI=1S/C8H9FN2O.ClH/c9-7-2-1-3-8(11-7)12-6-4-10-5-6;/h1-3,6,10H,4-5H2;1H. The first-order valence-corrected chi connectivity index (χ1v) is 3.84. The van der Waals surface area contributed by atoms with Crippen LogP contribution in [0.2, 0.25) is 0 Å². The summed E-state index contributed by atoms with van der Waals surface area (Å²) >= 11 is 0. The molecular weight excluding hydrogens is 195 g/mol. The molecule has 1 aliphatic heterocycles. The van der Waals surface area contributed by atoms with E-state index < -0.39 is 5.95 Å². The van der Waals surface area contributed by atoms with Gasteiger partial charge in [-0.2, -0.15) is 9.37 Å². The maximum absolute atomic E-state index is 12.5. The van der Waals surface area contributed by atoms with Crippen molar-refractivity contribution >= 4 is 12.4 Å². The van der Waals surface area contributed by atoms with Gasteiger partial charge in [-0.3, -0.25) is 0 Å². The SMILES string of the molecule is Cl.Fc1cccc(OC2CNC2)n1. The Morgan fingerprint density at radius 2 is 2.23 bits per heavy atom. The third-order valence-corrected chi connectivity index (χ3v) is 1.72. The van der Waals surface area contributed by atoms with E-state index in [-0.39, 0.29) is 18.5 Å². The van der Waals surface area contributed by atoms with Crippen molar-refractivity contribution in [1.82, 2.24) is 10.3 Å². The number of hydrogen-bond acceptors (Lipinski definition) is 3. The molecule has 1 aromatic rings. The fourth-order valence-electron chi connectivity index (χ4n) is 0.972. The van der Waals surface area contributed by atoms with Crippen molar-refractivity contribution in [3.8, 4) is 5.88 Å². The minimum atomic E-state index is -0.500. The number of halogens is 2. The Hall–Kier alpha value is -0.870. The highest BCUT2D eigenvalue weighted by Crippen LogP contribution is 2.10. The van der Waals surface area contributed by atoms with E-state index in [2.05, 4.69) is 10.3 Å². The van der Waals surface area contributed by atoms with Crippen LogP contribution in [0.3, 0.4) is 0 Å². The fraction of sp³-hybridized carbons (Fsp3) is 0.375. The summed E-state index contributed by atoms with van der Waals surface area (Å²) in [6.45, 7) is 1.64. The van der Waals surface area contributed by atoms with Crippen LogP contribution in [0.4, 0.5) is 4.39 Å². The van der Waals surface area contributed by atoms with Crippen LogP contribution >= 0.6 is 12.4 Å². The molecule has 2 rings (SSSR count). The van der Waals surface area contributed by atoms with Gasteiger partial charge >= 0.3 is 0 Å². The molecule has 2 heterocycles. The monoisotopic (exact) mass is 204 g/mol. The molecule has 0 spiro atoms. The quantitative estimate of drug-likeness (QED) is 0.730. The van der Waals surface area contributed by atoms with Gasteiger partial charge in [-0.05, 0) is 6.07 Å². The van der Waals surface area contributed by atoms with Crippen LogP contribution in [0.25, 0.3) is 0 Å². The summed E-state index contributed by atoms with van der Waals surface area (Å²) in [7, 11) is 0. The molecule has 1 fully saturated rings. The molecule has 0 aromatic carbocycles. The van der Waals surface area contributed by atoms with Crippen molar-refractivity contribution in [3.63, 3.8) is 0 Å². The molecule has 0 saturated carbocycles. The highest BCUT2D eigenvalue weighted by atomic mass is 35.5.